The zero-order chi connectivity index (χ0) is 13.8. The van der Waals surface area contributed by atoms with Gasteiger partial charge in [-0.1, -0.05) is 29.5 Å². The number of pyridine rings is 1. The van der Waals surface area contributed by atoms with Gasteiger partial charge in [0.1, 0.15) is 0 Å². The molecule has 0 bridgehead atoms. The van der Waals surface area contributed by atoms with Crippen LogP contribution in [0.25, 0.3) is 0 Å². The molecule has 1 heterocycles. The van der Waals surface area contributed by atoms with Crippen molar-refractivity contribution in [2.75, 3.05) is 5.75 Å². The van der Waals surface area contributed by atoms with Crippen molar-refractivity contribution >= 4 is 33.5 Å². The minimum atomic E-state index is 0.149. The van der Waals surface area contributed by atoms with Crippen molar-refractivity contribution in [1.29, 1.82) is 0 Å². The van der Waals surface area contributed by atoms with Crippen LogP contribution in [0.2, 0.25) is 0 Å². The number of carbonyl (C=O) groups is 1. The third-order valence-corrected chi connectivity index (χ3v) is 4.16. The number of nitrogens with zero attached hydrogens (tertiary/aromatic N) is 1. The maximum Gasteiger partial charge on any atom is 0.173 e. The molecule has 98 valence electrons. The number of ketones is 1. The predicted molar refractivity (Wildman–Crippen MR) is 82.9 cm³/mol. The second kappa shape index (κ2) is 6.35. The second-order valence-electron chi connectivity index (χ2n) is 4.34. The molecule has 2 nitrogen and oxygen atoms in total. The Bertz CT molecular complexity index is 596. The van der Waals surface area contributed by atoms with E-state index in [2.05, 4.69) is 20.9 Å². The molecule has 0 unspecified atom stereocenters. The normalized spacial score (nSPS) is 10.5. The summed E-state index contributed by atoms with van der Waals surface area (Å²) in [6.07, 6.45) is 1.74. The summed E-state index contributed by atoms with van der Waals surface area (Å²) < 4.78 is 0.942. The molecule has 0 aliphatic rings. The summed E-state index contributed by atoms with van der Waals surface area (Å²) in [6.45, 7) is 3.97. The molecule has 0 fully saturated rings. The van der Waals surface area contributed by atoms with E-state index in [1.807, 2.05) is 44.2 Å². The lowest BCUT2D eigenvalue weighted by atomic mass is 10.0. The van der Waals surface area contributed by atoms with Gasteiger partial charge in [0.05, 0.1) is 10.8 Å². The van der Waals surface area contributed by atoms with E-state index in [0.717, 1.165) is 26.2 Å². The molecule has 0 atom stereocenters. The van der Waals surface area contributed by atoms with Crippen molar-refractivity contribution in [2.24, 2.45) is 0 Å². The topological polar surface area (TPSA) is 30.0 Å². The summed E-state index contributed by atoms with van der Waals surface area (Å²) in [7, 11) is 0. The lowest BCUT2D eigenvalue weighted by molar-refractivity contribution is 0.102. The van der Waals surface area contributed by atoms with Crippen LogP contribution in [-0.2, 0) is 0 Å². The zero-order valence-electron chi connectivity index (χ0n) is 10.8. The van der Waals surface area contributed by atoms with Crippen molar-refractivity contribution < 1.29 is 4.79 Å². The van der Waals surface area contributed by atoms with Gasteiger partial charge in [-0.3, -0.25) is 4.79 Å². The first-order valence-corrected chi connectivity index (χ1v) is 7.69. The van der Waals surface area contributed by atoms with Crippen LogP contribution in [-0.4, -0.2) is 16.5 Å². The summed E-state index contributed by atoms with van der Waals surface area (Å²) in [5, 5.41) is 0.863. The fourth-order valence-corrected chi connectivity index (χ4v) is 2.66. The number of hydrogen-bond acceptors (Lipinski definition) is 3. The zero-order valence-corrected chi connectivity index (χ0v) is 13.2. The molecule has 0 aliphatic heterocycles. The van der Waals surface area contributed by atoms with Gasteiger partial charge in [0.15, 0.2) is 5.78 Å². The Kier molecular flexibility index (Phi) is 4.77. The highest BCUT2D eigenvalue weighted by molar-refractivity contribution is 9.10. The lowest BCUT2D eigenvalue weighted by Crippen LogP contribution is -2.05. The quantitative estimate of drug-likeness (QED) is 0.611. The molecule has 0 aliphatic carbocycles. The molecule has 1 aromatic carbocycles. The Morgan fingerprint density at radius 2 is 2.05 bits per heavy atom. The minimum Gasteiger partial charge on any atom is -0.293 e. The SMILES string of the molecule is Cc1ccc(C)c(C(=O)CSc2ccc(Br)cn2)c1. The Morgan fingerprint density at radius 3 is 2.74 bits per heavy atom. The maximum atomic E-state index is 12.2. The van der Waals surface area contributed by atoms with Gasteiger partial charge in [0, 0.05) is 16.2 Å². The maximum absolute atomic E-state index is 12.2. The first-order chi connectivity index (χ1) is 9.06. The number of benzene rings is 1. The first kappa shape index (κ1) is 14.3. The average molecular weight is 336 g/mol. The number of thioether (sulfide) groups is 1. The Labute approximate surface area is 125 Å². The Hall–Kier alpha value is -1.13. The molecule has 0 spiro atoms. The van der Waals surface area contributed by atoms with Crippen molar-refractivity contribution in [2.45, 2.75) is 18.9 Å². The highest BCUT2D eigenvalue weighted by Gasteiger charge is 2.10. The minimum absolute atomic E-state index is 0.149. The van der Waals surface area contributed by atoms with Crippen LogP contribution in [0.15, 0.2) is 46.0 Å². The van der Waals surface area contributed by atoms with Crippen molar-refractivity contribution in [3.8, 4) is 0 Å². The second-order valence-corrected chi connectivity index (χ2v) is 6.26. The lowest BCUT2D eigenvalue weighted by Gasteiger charge is -2.06. The average Bonchev–Trinajstić information content (AvgIpc) is 2.40. The summed E-state index contributed by atoms with van der Waals surface area (Å²) in [4.78, 5) is 16.4. The van der Waals surface area contributed by atoms with Gasteiger partial charge in [-0.25, -0.2) is 4.98 Å². The predicted octanol–water partition coefficient (Wildman–Crippen LogP) is 4.44. The number of carbonyl (C=O) groups excluding carboxylic acids is 1. The molecule has 1 aromatic heterocycles. The van der Waals surface area contributed by atoms with Crippen molar-refractivity contribution in [3.63, 3.8) is 0 Å². The van der Waals surface area contributed by atoms with E-state index < -0.39 is 0 Å². The van der Waals surface area contributed by atoms with Crippen LogP contribution in [0.4, 0.5) is 0 Å². The summed E-state index contributed by atoms with van der Waals surface area (Å²) >= 11 is 4.81. The van der Waals surface area contributed by atoms with E-state index in [9.17, 15) is 4.79 Å². The molecular weight excluding hydrogens is 322 g/mol. The van der Waals surface area contributed by atoms with Crippen molar-refractivity contribution in [1.82, 2.24) is 4.98 Å². The summed E-state index contributed by atoms with van der Waals surface area (Å²) in [5.74, 6) is 0.565. The van der Waals surface area contributed by atoms with Crippen LogP contribution in [0.1, 0.15) is 21.5 Å². The number of aryl methyl sites for hydroxylation is 2. The van der Waals surface area contributed by atoms with Gasteiger partial charge in [0.2, 0.25) is 0 Å². The molecule has 0 N–H and O–H groups in total. The van der Waals surface area contributed by atoms with E-state index in [1.54, 1.807) is 6.20 Å². The number of Topliss-reactive ketones (excluding diaryl/α,β-unsaturated/α-hetero) is 1. The number of aromatic nitrogens is 1. The summed E-state index contributed by atoms with van der Waals surface area (Å²) in [5.41, 5.74) is 2.95. The van der Waals surface area contributed by atoms with Gasteiger partial charge < -0.3 is 0 Å². The van der Waals surface area contributed by atoms with E-state index in [1.165, 1.54) is 11.8 Å². The largest absolute Gasteiger partial charge is 0.293 e. The molecule has 0 amide bonds. The van der Waals surface area contributed by atoms with Gasteiger partial charge in [-0.05, 0) is 53.5 Å². The third-order valence-electron chi connectivity index (χ3n) is 2.74. The van der Waals surface area contributed by atoms with E-state index >= 15 is 0 Å². The summed E-state index contributed by atoms with van der Waals surface area (Å²) in [6, 6.07) is 9.80. The number of hydrogen-bond donors (Lipinski definition) is 0. The van der Waals surface area contributed by atoms with Gasteiger partial charge in [0.25, 0.3) is 0 Å². The van der Waals surface area contributed by atoms with E-state index in [-0.39, 0.29) is 5.78 Å². The number of rotatable bonds is 4. The van der Waals surface area contributed by atoms with Crippen LogP contribution in [0.3, 0.4) is 0 Å². The third kappa shape index (κ3) is 3.91. The molecule has 0 saturated heterocycles. The van der Waals surface area contributed by atoms with Crippen LogP contribution in [0.5, 0.6) is 0 Å². The molecule has 2 rings (SSSR count). The molecule has 0 radical (unpaired) electrons. The van der Waals surface area contributed by atoms with E-state index in [4.69, 9.17) is 0 Å². The van der Waals surface area contributed by atoms with Crippen LogP contribution >= 0.6 is 27.7 Å². The highest BCUT2D eigenvalue weighted by Crippen LogP contribution is 2.20. The number of halogens is 1. The standard InChI is InChI=1S/C15H14BrNOS/c1-10-3-4-11(2)13(7-10)14(18)9-19-15-6-5-12(16)8-17-15/h3-8H,9H2,1-2H3. The monoisotopic (exact) mass is 335 g/mol. The molecule has 4 heteroatoms. The first-order valence-electron chi connectivity index (χ1n) is 5.91. The van der Waals surface area contributed by atoms with Gasteiger partial charge >= 0.3 is 0 Å². The molecule has 19 heavy (non-hydrogen) atoms. The molecular formula is C15H14BrNOS. The van der Waals surface area contributed by atoms with Crippen molar-refractivity contribution in [3.05, 3.63) is 57.7 Å². The van der Waals surface area contributed by atoms with Crippen LogP contribution in [0, 0.1) is 13.8 Å². The smallest absolute Gasteiger partial charge is 0.173 e. The molecule has 0 saturated carbocycles. The van der Waals surface area contributed by atoms with Gasteiger partial charge in [-0.2, -0.15) is 0 Å². The Balaban J connectivity index is 2.05. The highest BCUT2D eigenvalue weighted by atomic mass is 79.9. The van der Waals surface area contributed by atoms with E-state index in [0.29, 0.717) is 5.75 Å². The Morgan fingerprint density at radius 1 is 1.26 bits per heavy atom. The van der Waals surface area contributed by atoms with Crippen LogP contribution < -0.4 is 0 Å². The van der Waals surface area contributed by atoms with Gasteiger partial charge in [-0.15, -0.1) is 0 Å². The fourth-order valence-electron chi connectivity index (χ4n) is 1.70. The molecule has 2 aromatic rings. The fraction of sp³-hybridized carbons (Fsp3) is 0.200.